The van der Waals surface area contributed by atoms with E-state index in [-0.39, 0.29) is 13.2 Å². The standard InChI is InChI=1S/C18H20O8/c1-18(22)7-10(19)14(16(20)23-2)13(15(18)17(21)24-3)9-4-5-11-12(6-9)26-8-25-11/h4-6,13-15,22H,7-8H2,1-3H3/t13-,14-,15-,18+/m0/s1. The summed E-state index contributed by atoms with van der Waals surface area (Å²) in [7, 11) is 2.37. The molecule has 4 atom stereocenters. The average Bonchev–Trinajstić information content (AvgIpc) is 3.06. The Bertz CT molecular complexity index is 754. The molecule has 26 heavy (non-hydrogen) atoms. The molecule has 1 saturated carbocycles. The lowest BCUT2D eigenvalue weighted by Gasteiger charge is -2.43. The van der Waals surface area contributed by atoms with E-state index in [0.29, 0.717) is 17.1 Å². The van der Waals surface area contributed by atoms with Crippen LogP contribution in [0.15, 0.2) is 18.2 Å². The molecule has 0 aromatic heterocycles. The number of ketones is 1. The van der Waals surface area contributed by atoms with Gasteiger partial charge in [-0.2, -0.15) is 0 Å². The van der Waals surface area contributed by atoms with Crippen molar-refractivity contribution >= 4 is 17.7 Å². The van der Waals surface area contributed by atoms with Gasteiger partial charge in [-0.1, -0.05) is 6.07 Å². The van der Waals surface area contributed by atoms with Crippen molar-refractivity contribution in [2.45, 2.75) is 24.9 Å². The normalized spacial score (nSPS) is 30.0. The molecule has 1 aliphatic carbocycles. The quantitative estimate of drug-likeness (QED) is 0.620. The molecule has 8 nitrogen and oxygen atoms in total. The van der Waals surface area contributed by atoms with Gasteiger partial charge < -0.3 is 24.1 Å². The first-order chi connectivity index (χ1) is 12.3. The van der Waals surface area contributed by atoms with Gasteiger partial charge in [0, 0.05) is 12.3 Å². The van der Waals surface area contributed by atoms with E-state index >= 15 is 0 Å². The molecule has 0 saturated heterocycles. The fourth-order valence-electron chi connectivity index (χ4n) is 3.79. The Labute approximate surface area is 150 Å². The van der Waals surface area contributed by atoms with Gasteiger partial charge >= 0.3 is 11.9 Å². The molecule has 8 heteroatoms. The second-order valence-electron chi connectivity index (χ2n) is 6.64. The number of hydrogen-bond acceptors (Lipinski definition) is 8. The van der Waals surface area contributed by atoms with E-state index in [1.54, 1.807) is 18.2 Å². The van der Waals surface area contributed by atoms with Gasteiger partial charge in [-0.25, -0.2) is 0 Å². The zero-order chi connectivity index (χ0) is 19.1. The number of hydrogen-bond donors (Lipinski definition) is 1. The van der Waals surface area contributed by atoms with Crippen LogP contribution in [0.2, 0.25) is 0 Å². The van der Waals surface area contributed by atoms with Crippen molar-refractivity contribution < 1.29 is 38.4 Å². The van der Waals surface area contributed by atoms with Crippen LogP contribution in [-0.2, 0) is 23.9 Å². The summed E-state index contributed by atoms with van der Waals surface area (Å²) in [5.74, 6) is -4.33. The van der Waals surface area contributed by atoms with Gasteiger partial charge in [-0.3, -0.25) is 14.4 Å². The van der Waals surface area contributed by atoms with Gasteiger partial charge in [0.05, 0.1) is 25.7 Å². The molecular formula is C18H20O8. The van der Waals surface area contributed by atoms with Crippen molar-refractivity contribution in [3.63, 3.8) is 0 Å². The van der Waals surface area contributed by atoms with Crippen LogP contribution < -0.4 is 9.47 Å². The van der Waals surface area contributed by atoms with Crippen molar-refractivity contribution in [3.05, 3.63) is 23.8 Å². The van der Waals surface area contributed by atoms with Gasteiger partial charge in [0.2, 0.25) is 6.79 Å². The van der Waals surface area contributed by atoms with E-state index in [0.717, 1.165) is 0 Å². The maximum atomic E-state index is 12.6. The lowest BCUT2D eigenvalue weighted by atomic mass is 9.61. The van der Waals surface area contributed by atoms with Crippen molar-refractivity contribution in [1.82, 2.24) is 0 Å². The van der Waals surface area contributed by atoms with Crippen LogP contribution in [0, 0.1) is 11.8 Å². The zero-order valence-corrected chi connectivity index (χ0v) is 14.7. The molecule has 2 aliphatic rings. The van der Waals surface area contributed by atoms with E-state index in [1.807, 2.05) is 0 Å². The van der Waals surface area contributed by atoms with E-state index < -0.39 is 41.1 Å². The van der Waals surface area contributed by atoms with Gasteiger partial charge in [0.25, 0.3) is 0 Å². The molecule has 0 spiro atoms. The highest BCUT2D eigenvalue weighted by molar-refractivity contribution is 6.02. The highest BCUT2D eigenvalue weighted by Gasteiger charge is 2.57. The van der Waals surface area contributed by atoms with Gasteiger partial charge in [0.1, 0.15) is 5.92 Å². The van der Waals surface area contributed by atoms with Gasteiger partial charge in [-0.05, 0) is 24.6 Å². The third-order valence-electron chi connectivity index (χ3n) is 4.96. The Morgan fingerprint density at radius 2 is 1.81 bits per heavy atom. The first kappa shape index (κ1) is 18.2. The number of rotatable bonds is 3. The SMILES string of the molecule is COC(=O)[C@H]1C(=O)C[C@@](C)(O)[C@H](C(=O)OC)[C@H]1c1ccc2c(c1)OCO2. The van der Waals surface area contributed by atoms with Crippen LogP contribution in [0.4, 0.5) is 0 Å². The summed E-state index contributed by atoms with van der Waals surface area (Å²) in [6.45, 7) is 1.45. The molecule has 0 bridgehead atoms. The molecule has 0 unspecified atom stereocenters. The molecule has 1 fully saturated rings. The minimum absolute atomic E-state index is 0.0565. The fourth-order valence-corrected chi connectivity index (χ4v) is 3.79. The molecule has 1 aliphatic heterocycles. The number of carbonyl (C=O) groups is 3. The molecule has 1 aromatic carbocycles. The molecule has 1 N–H and O–H groups in total. The molecule has 140 valence electrons. The Morgan fingerprint density at radius 3 is 2.46 bits per heavy atom. The highest BCUT2D eigenvalue weighted by Crippen LogP contribution is 2.48. The third kappa shape index (κ3) is 2.90. The maximum absolute atomic E-state index is 12.6. The Hall–Kier alpha value is -2.61. The first-order valence-corrected chi connectivity index (χ1v) is 8.10. The zero-order valence-electron chi connectivity index (χ0n) is 14.7. The number of fused-ring (bicyclic) bond motifs is 1. The van der Waals surface area contributed by atoms with Crippen LogP contribution in [0.1, 0.15) is 24.8 Å². The minimum atomic E-state index is -1.67. The third-order valence-corrected chi connectivity index (χ3v) is 4.96. The average molecular weight is 364 g/mol. The summed E-state index contributed by atoms with van der Waals surface area (Å²) in [5.41, 5.74) is -1.19. The van der Waals surface area contributed by atoms with Crippen molar-refractivity contribution in [1.29, 1.82) is 0 Å². The summed E-state index contributed by atoms with van der Waals surface area (Å²) in [4.78, 5) is 37.4. The topological polar surface area (TPSA) is 108 Å². The summed E-state index contributed by atoms with van der Waals surface area (Å²) in [6.07, 6.45) is -0.354. The highest BCUT2D eigenvalue weighted by atomic mass is 16.7. The molecule has 1 heterocycles. The number of ether oxygens (including phenoxy) is 4. The number of Topliss-reactive ketones (excluding diaryl/α,β-unsaturated/α-hetero) is 1. The van der Waals surface area contributed by atoms with Crippen LogP contribution in [-0.4, -0.2) is 49.4 Å². The summed E-state index contributed by atoms with van der Waals surface area (Å²) >= 11 is 0. The van der Waals surface area contributed by atoms with Gasteiger partial charge in [-0.15, -0.1) is 0 Å². The van der Waals surface area contributed by atoms with E-state index in [2.05, 4.69) is 0 Å². The summed E-state index contributed by atoms with van der Waals surface area (Å²) < 4.78 is 20.3. The van der Waals surface area contributed by atoms with Crippen molar-refractivity contribution in [2.24, 2.45) is 11.8 Å². The van der Waals surface area contributed by atoms with E-state index in [9.17, 15) is 19.5 Å². The molecular weight excluding hydrogens is 344 g/mol. The smallest absolute Gasteiger partial charge is 0.316 e. The van der Waals surface area contributed by atoms with Crippen LogP contribution >= 0.6 is 0 Å². The monoisotopic (exact) mass is 364 g/mol. The van der Waals surface area contributed by atoms with Crippen molar-refractivity contribution in [2.75, 3.05) is 21.0 Å². The lowest BCUT2D eigenvalue weighted by Crippen LogP contribution is -2.55. The summed E-state index contributed by atoms with van der Waals surface area (Å²) in [5, 5.41) is 10.8. The minimum Gasteiger partial charge on any atom is -0.469 e. The second kappa shape index (κ2) is 6.60. The largest absolute Gasteiger partial charge is 0.469 e. The Kier molecular flexibility index (Phi) is 4.62. The number of aliphatic hydroxyl groups is 1. The van der Waals surface area contributed by atoms with E-state index in [4.69, 9.17) is 18.9 Å². The number of methoxy groups -OCH3 is 2. The van der Waals surface area contributed by atoms with Crippen LogP contribution in [0.25, 0.3) is 0 Å². The first-order valence-electron chi connectivity index (χ1n) is 8.10. The number of esters is 2. The van der Waals surface area contributed by atoms with Crippen LogP contribution in [0.5, 0.6) is 11.5 Å². The van der Waals surface area contributed by atoms with Crippen LogP contribution in [0.3, 0.4) is 0 Å². The number of benzene rings is 1. The van der Waals surface area contributed by atoms with Gasteiger partial charge in [0.15, 0.2) is 17.3 Å². The second-order valence-corrected chi connectivity index (χ2v) is 6.64. The fraction of sp³-hybridized carbons (Fsp3) is 0.500. The molecule has 3 rings (SSSR count). The van der Waals surface area contributed by atoms with E-state index in [1.165, 1.54) is 21.1 Å². The summed E-state index contributed by atoms with van der Waals surface area (Å²) in [6, 6.07) is 4.88. The predicted molar refractivity (Wildman–Crippen MR) is 86.6 cm³/mol. The molecule has 0 radical (unpaired) electrons. The molecule has 0 amide bonds. The predicted octanol–water partition coefficient (Wildman–Crippen LogP) is 0.801. The number of carbonyl (C=O) groups excluding carboxylic acids is 3. The van der Waals surface area contributed by atoms with Crippen molar-refractivity contribution in [3.8, 4) is 11.5 Å². The maximum Gasteiger partial charge on any atom is 0.316 e. The Morgan fingerprint density at radius 1 is 1.15 bits per heavy atom. The molecule has 1 aromatic rings. The Balaban J connectivity index is 2.15. The lowest BCUT2D eigenvalue weighted by molar-refractivity contribution is -0.170.